The molecule has 0 spiro atoms. The third kappa shape index (κ3) is 7.94. The second kappa shape index (κ2) is 12.2. The number of rotatable bonds is 2. The van der Waals surface area contributed by atoms with Gasteiger partial charge in [0.1, 0.15) is 17.7 Å². The maximum Gasteiger partial charge on any atom is 0.309 e. The molecule has 0 bridgehead atoms. The minimum atomic E-state index is -1.18. The average Bonchev–Trinajstić information content (AvgIpc) is 3.18. The monoisotopic (exact) mass is 503 g/mol. The number of esters is 1. The maximum atomic E-state index is 13.3. The first kappa shape index (κ1) is 29.1. The van der Waals surface area contributed by atoms with E-state index in [4.69, 9.17) is 4.74 Å². The molecule has 1 aliphatic heterocycles. The van der Waals surface area contributed by atoms with Gasteiger partial charge in [0.25, 0.3) is 0 Å². The minimum Gasteiger partial charge on any atom is -0.457 e. The van der Waals surface area contributed by atoms with Crippen molar-refractivity contribution in [1.29, 1.82) is 0 Å². The van der Waals surface area contributed by atoms with Gasteiger partial charge in [-0.3, -0.25) is 14.4 Å². The first-order chi connectivity index (χ1) is 16.2. The number of ketones is 2. The van der Waals surface area contributed by atoms with E-state index in [0.29, 0.717) is 19.3 Å². The fraction of sp³-hybridized carbons (Fsp3) is 0.643. The topological polar surface area (TPSA) is 93.6 Å². The normalized spacial score (nSPS) is 31.6. The van der Waals surface area contributed by atoms with Crippen LogP contribution < -0.4 is 0 Å². The van der Waals surface area contributed by atoms with Crippen LogP contribution in [0.15, 0.2) is 22.6 Å². The van der Waals surface area contributed by atoms with E-state index in [1.165, 1.54) is 0 Å². The molecule has 1 aromatic rings. The summed E-state index contributed by atoms with van der Waals surface area (Å²) in [5, 5.41) is 13.8. The molecule has 2 heterocycles. The van der Waals surface area contributed by atoms with Gasteiger partial charge in [-0.2, -0.15) is 0 Å². The smallest absolute Gasteiger partial charge is 0.309 e. The SMILES string of the molecule is C/C1=C/C[C@@H](/C(C)=C/c2csc(C)n2)OC(=O)C[C@H](O)C(C)(C)C(=O)[C@H](C)[C@@H](C)[C@@H](C)CC(=O)C1. The zero-order valence-electron chi connectivity index (χ0n) is 22.4. The number of hydrogen-bond donors (Lipinski definition) is 1. The van der Waals surface area contributed by atoms with Crippen LogP contribution in [0.4, 0.5) is 0 Å². The number of cyclic esters (lactones) is 1. The van der Waals surface area contributed by atoms with Crippen molar-refractivity contribution in [3.8, 4) is 0 Å². The molecule has 1 aromatic heterocycles. The highest BCUT2D eigenvalue weighted by molar-refractivity contribution is 7.09. The van der Waals surface area contributed by atoms with Gasteiger partial charge >= 0.3 is 5.97 Å². The number of aromatic nitrogens is 1. The number of aliphatic hydroxyl groups is 1. The number of Topliss-reactive ketones (excluding diaryl/α,β-unsaturated/α-hetero) is 2. The van der Waals surface area contributed by atoms with Crippen molar-refractivity contribution in [3.05, 3.63) is 33.3 Å². The van der Waals surface area contributed by atoms with Crippen molar-refractivity contribution in [3.63, 3.8) is 0 Å². The summed E-state index contributed by atoms with van der Waals surface area (Å²) < 4.78 is 5.80. The average molecular weight is 504 g/mol. The number of aliphatic hydroxyl groups excluding tert-OH is 1. The van der Waals surface area contributed by atoms with Crippen LogP contribution in [0.1, 0.15) is 84.9 Å². The molecule has 6 nitrogen and oxygen atoms in total. The number of allylic oxidation sites excluding steroid dienone is 1. The van der Waals surface area contributed by atoms with Crippen LogP contribution in [0.5, 0.6) is 0 Å². The van der Waals surface area contributed by atoms with E-state index >= 15 is 0 Å². The van der Waals surface area contributed by atoms with Crippen LogP contribution in [0.3, 0.4) is 0 Å². The van der Waals surface area contributed by atoms with Crippen LogP contribution in [-0.2, 0) is 19.1 Å². The van der Waals surface area contributed by atoms with Crippen molar-refractivity contribution < 1.29 is 24.2 Å². The Morgan fingerprint density at radius 2 is 1.83 bits per heavy atom. The predicted octanol–water partition coefficient (Wildman–Crippen LogP) is 5.72. The zero-order chi connectivity index (χ0) is 26.5. The maximum absolute atomic E-state index is 13.3. The molecule has 0 unspecified atom stereocenters. The molecule has 0 fully saturated rings. The fourth-order valence-electron chi connectivity index (χ4n) is 4.51. The summed E-state index contributed by atoms with van der Waals surface area (Å²) in [5.74, 6) is -0.910. The van der Waals surface area contributed by atoms with E-state index < -0.39 is 23.6 Å². The lowest BCUT2D eigenvalue weighted by Gasteiger charge is -2.35. The van der Waals surface area contributed by atoms with Gasteiger partial charge in [0.15, 0.2) is 0 Å². The van der Waals surface area contributed by atoms with Gasteiger partial charge in [-0.1, -0.05) is 46.3 Å². The lowest BCUT2D eigenvalue weighted by Crippen LogP contribution is -2.44. The molecule has 1 aliphatic rings. The van der Waals surface area contributed by atoms with Gasteiger partial charge in [-0.15, -0.1) is 11.3 Å². The Morgan fingerprint density at radius 1 is 1.17 bits per heavy atom. The summed E-state index contributed by atoms with van der Waals surface area (Å²) in [6.45, 7) is 14.9. The molecule has 0 saturated heterocycles. The Bertz CT molecular complexity index is 989. The quantitative estimate of drug-likeness (QED) is 0.410. The fourth-order valence-corrected chi connectivity index (χ4v) is 5.08. The minimum absolute atomic E-state index is 0.0274. The highest BCUT2D eigenvalue weighted by Crippen LogP contribution is 2.34. The first-order valence-electron chi connectivity index (χ1n) is 12.4. The number of hydrogen-bond acceptors (Lipinski definition) is 7. The van der Waals surface area contributed by atoms with Crippen molar-refractivity contribution in [1.82, 2.24) is 4.98 Å². The van der Waals surface area contributed by atoms with Crippen LogP contribution >= 0.6 is 11.3 Å². The summed E-state index contributed by atoms with van der Waals surface area (Å²) >= 11 is 1.54. The van der Waals surface area contributed by atoms with E-state index in [2.05, 4.69) is 4.98 Å². The molecule has 0 saturated carbocycles. The van der Waals surface area contributed by atoms with Gasteiger partial charge in [0.05, 0.1) is 28.6 Å². The largest absolute Gasteiger partial charge is 0.457 e. The van der Waals surface area contributed by atoms with E-state index in [0.717, 1.165) is 21.8 Å². The molecule has 7 heteroatoms. The molecular formula is C28H41NO5S. The Hall–Kier alpha value is -2.12. The number of carbonyl (C=O) groups excluding carboxylic acids is 3. The second-order valence-electron chi connectivity index (χ2n) is 10.8. The standard InChI is InChI=1S/C28H41NO5S/c1-16-9-10-24(18(3)12-22-15-35-21(6)29-22)34-26(32)14-25(31)28(7,8)27(33)20(5)19(4)17(2)13-23(30)11-16/h9,12,15,17,19-20,24-25,31H,10-11,13-14H2,1-8H3/b16-9-,18-12+/t17-,19-,20+,24-,25-/m0/s1. The van der Waals surface area contributed by atoms with E-state index in [-0.39, 0.29) is 35.7 Å². The third-order valence-electron chi connectivity index (χ3n) is 7.43. The summed E-state index contributed by atoms with van der Waals surface area (Å²) in [6, 6.07) is 0. The predicted molar refractivity (Wildman–Crippen MR) is 140 cm³/mol. The van der Waals surface area contributed by atoms with Gasteiger partial charge in [-0.25, -0.2) is 4.98 Å². The van der Waals surface area contributed by atoms with Gasteiger partial charge < -0.3 is 9.84 Å². The van der Waals surface area contributed by atoms with Crippen LogP contribution in [0.25, 0.3) is 6.08 Å². The molecule has 0 aromatic carbocycles. The van der Waals surface area contributed by atoms with Crippen molar-refractivity contribution >= 4 is 34.9 Å². The molecule has 5 atom stereocenters. The number of aryl methyl sites for hydroxylation is 1. The molecule has 2 rings (SSSR count). The lowest BCUT2D eigenvalue weighted by molar-refractivity contribution is -0.153. The Morgan fingerprint density at radius 3 is 2.43 bits per heavy atom. The molecular weight excluding hydrogens is 462 g/mol. The Labute approximate surface area is 213 Å². The van der Waals surface area contributed by atoms with Crippen molar-refractivity contribution in [2.45, 2.75) is 93.3 Å². The summed E-state index contributed by atoms with van der Waals surface area (Å²) in [4.78, 5) is 43.4. The van der Waals surface area contributed by atoms with Crippen molar-refractivity contribution in [2.24, 2.45) is 23.2 Å². The van der Waals surface area contributed by atoms with Gasteiger partial charge in [-0.05, 0) is 44.3 Å². The number of thiazole rings is 1. The lowest BCUT2D eigenvalue weighted by atomic mass is 9.70. The summed E-state index contributed by atoms with van der Waals surface area (Å²) in [6.07, 6.45) is 2.98. The van der Waals surface area contributed by atoms with E-state index in [1.807, 2.05) is 59.1 Å². The van der Waals surface area contributed by atoms with Gasteiger partial charge in [0, 0.05) is 30.6 Å². The van der Waals surface area contributed by atoms with Crippen LogP contribution in [0, 0.1) is 30.1 Å². The molecule has 194 valence electrons. The molecule has 0 aliphatic carbocycles. The van der Waals surface area contributed by atoms with Crippen molar-refractivity contribution in [2.75, 3.05) is 0 Å². The highest BCUT2D eigenvalue weighted by Gasteiger charge is 2.41. The first-order valence-corrected chi connectivity index (χ1v) is 13.3. The third-order valence-corrected chi connectivity index (χ3v) is 8.22. The van der Waals surface area contributed by atoms with E-state index in [1.54, 1.807) is 25.2 Å². The molecule has 0 radical (unpaired) electrons. The summed E-state index contributed by atoms with van der Waals surface area (Å²) in [5.41, 5.74) is 1.42. The zero-order valence-corrected chi connectivity index (χ0v) is 23.2. The molecule has 0 amide bonds. The van der Waals surface area contributed by atoms with Gasteiger partial charge in [0.2, 0.25) is 0 Å². The van der Waals surface area contributed by atoms with Crippen LogP contribution in [0.2, 0.25) is 0 Å². The number of nitrogens with zero attached hydrogens (tertiary/aromatic N) is 1. The Balaban J connectivity index is 2.39. The molecule has 35 heavy (non-hydrogen) atoms. The Kier molecular flexibility index (Phi) is 10.2. The number of carbonyl (C=O) groups is 3. The second-order valence-corrected chi connectivity index (χ2v) is 11.9. The van der Waals surface area contributed by atoms with Crippen LogP contribution in [-0.4, -0.2) is 39.8 Å². The number of ether oxygens (including phenoxy) is 1. The summed E-state index contributed by atoms with van der Waals surface area (Å²) in [7, 11) is 0. The molecule has 1 N–H and O–H groups in total. The van der Waals surface area contributed by atoms with E-state index in [9.17, 15) is 19.5 Å². The highest BCUT2D eigenvalue weighted by atomic mass is 32.1.